The van der Waals surface area contributed by atoms with Crippen molar-refractivity contribution in [2.24, 2.45) is 0 Å². The normalized spacial score (nSPS) is 10.5. The molecule has 0 radical (unpaired) electrons. The van der Waals surface area contributed by atoms with Crippen molar-refractivity contribution in [1.29, 1.82) is 0 Å². The van der Waals surface area contributed by atoms with Gasteiger partial charge in [0.1, 0.15) is 10.7 Å². The second-order valence-corrected chi connectivity index (χ2v) is 7.02. The fourth-order valence-electron chi connectivity index (χ4n) is 2.34. The van der Waals surface area contributed by atoms with Gasteiger partial charge in [0, 0.05) is 11.9 Å². The number of hydrogen-bond acceptors (Lipinski definition) is 6. The fourth-order valence-corrected chi connectivity index (χ4v) is 3.95. The van der Waals surface area contributed by atoms with Gasteiger partial charge >= 0.3 is 0 Å². The molecule has 2 aromatic heterocycles. The Kier molecular flexibility index (Phi) is 5.67. The van der Waals surface area contributed by atoms with Crippen molar-refractivity contribution in [3.05, 3.63) is 52.3 Å². The average Bonchev–Trinajstić information content (AvgIpc) is 3.32. The summed E-state index contributed by atoms with van der Waals surface area (Å²) in [7, 11) is 3.22. The lowest BCUT2D eigenvalue weighted by Crippen LogP contribution is -2.25. The van der Waals surface area contributed by atoms with Crippen LogP contribution in [0.25, 0.3) is 9.88 Å². The minimum Gasteiger partial charge on any atom is -0.493 e. The number of methoxy groups -OCH3 is 2. The van der Waals surface area contributed by atoms with E-state index in [2.05, 4.69) is 10.3 Å². The first-order valence-electron chi connectivity index (χ1n) is 7.69. The Morgan fingerprint density at radius 2 is 2.00 bits per heavy atom. The van der Waals surface area contributed by atoms with E-state index in [1.165, 1.54) is 11.3 Å². The Morgan fingerprint density at radius 1 is 1.16 bits per heavy atom. The molecule has 0 saturated heterocycles. The SMILES string of the molecule is COc1ccc(CCNC(=O)c2csc(-c3cccs3)n2)cc1OC. The Labute approximate surface area is 154 Å². The lowest BCUT2D eigenvalue weighted by Gasteiger charge is -2.09. The number of ether oxygens (including phenoxy) is 2. The van der Waals surface area contributed by atoms with Crippen LogP contribution in [0.4, 0.5) is 0 Å². The molecule has 130 valence electrons. The molecule has 0 bridgehead atoms. The van der Waals surface area contributed by atoms with Gasteiger partial charge in [-0.2, -0.15) is 0 Å². The standard InChI is InChI=1S/C18H18N2O3S2/c1-22-14-6-5-12(10-15(14)23-2)7-8-19-17(21)13-11-25-18(20-13)16-4-3-9-24-16/h3-6,9-11H,7-8H2,1-2H3,(H,19,21). The quantitative estimate of drug-likeness (QED) is 0.682. The zero-order valence-corrected chi connectivity index (χ0v) is 15.6. The molecule has 0 aliphatic carbocycles. The van der Waals surface area contributed by atoms with Crippen LogP contribution in [0.2, 0.25) is 0 Å². The highest BCUT2D eigenvalue weighted by atomic mass is 32.1. The molecule has 1 aromatic carbocycles. The Morgan fingerprint density at radius 3 is 2.72 bits per heavy atom. The Bertz CT molecular complexity index is 844. The van der Waals surface area contributed by atoms with Crippen LogP contribution < -0.4 is 14.8 Å². The van der Waals surface area contributed by atoms with Gasteiger partial charge < -0.3 is 14.8 Å². The lowest BCUT2D eigenvalue weighted by atomic mass is 10.1. The van der Waals surface area contributed by atoms with Gasteiger partial charge in [-0.15, -0.1) is 22.7 Å². The highest BCUT2D eigenvalue weighted by molar-refractivity contribution is 7.20. The molecule has 25 heavy (non-hydrogen) atoms. The minimum absolute atomic E-state index is 0.153. The summed E-state index contributed by atoms with van der Waals surface area (Å²) in [6.45, 7) is 0.528. The van der Waals surface area contributed by atoms with Gasteiger partial charge in [-0.1, -0.05) is 12.1 Å². The van der Waals surface area contributed by atoms with Crippen LogP contribution in [0.1, 0.15) is 16.1 Å². The molecule has 0 aliphatic heterocycles. The molecular weight excluding hydrogens is 356 g/mol. The largest absolute Gasteiger partial charge is 0.493 e. The number of carbonyl (C=O) groups is 1. The molecule has 2 heterocycles. The average molecular weight is 374 g/mol. The summed E-state index contributed by atoms with van der Waals surface area (Å²) >= 11 is 3.10. The summed E-state index contributed by atoms with van der Waals surface area (Å²) in [5.41, 5.74) is 1.52. The van der Waals surface area contributed by atoms with E-state index in [1.807, 2.05) is 35.7 Å². The maximum atomic E-state index is 12.2. The molecular formula is C18H18N2O3S2. The third kappa shape index (κ3) is 4.18. The molecule has 0 spiro atoms. The van der Waals surface area contributed by atoms with E-state index in [9.17, 15) is 4.79 Å². The highest BCUT2D eigenvalue weighted by Gasteiger charge is 2.12. The fraction of sp³-hybridized carbons (Fsp3) is 0.222. The second kappa shape index (κ2) is 8.13. The van der Waals surface area contributed by atoms with Gasteiger partial charge in [-0.05, 0) is 35.6 Å². The van der Waals surface area contributed by atoms with E-state index < -0.39 is 0 Å². The first-order chi connectivity index (χ1) is 12.2. The molecule has 1 N–H and O–H groups in total. The zero-order chi connectivity index (χ0) is 17.6. The zero-order valence-electron chi connectivity index (χ0n) is 13.9. The molecule has 0 saturated carbocycles. The van der Waals surface area contributed by atoms with Crippen molar-refractivity contribution in [3.8, 4) is 21.4 Å². The van der Waals surface area contributed by atoms with Crippen molar-refractivity contribution in [2.45, 2.75) is 6.42 Å². The summed E-state index contributed by atoms with van der Waals surface area (Å²) in [4.78, 5) is 17.7. The summed E-state index contributed by atoms with van der Waals surface area (Å²) in [6, 6.07) is 9.73. The molecule has 0 atom stereocenters. The predicted molar refractivity (Wildman–Crippen MR) is 101 cm³/mol. The van der Waals surface area contributed by atoms with Crippen LogP contribution in [0.3, 0.4) is 0 Å². The predicted octanol–water partition coefficient (Wildman–Crippen LogP) is 3.86. The van der Waals surface area contributed by atoms with Crippen molar-refractivity contribution in [3.63, 3.8) is 0 Å². The maximum absolute atomic E-state index is 12.2. The van der Waals surface area contributed by atoms with Gasteiger partial charge in [-0.3, -0.25) is 4.79 Å². The van der Waals surface area contributed by atoms with Crippen LogP contribution in [0, 0.1) is 0 Å². The summed E-state index contributed by atoms with van der Waals surface area (Å²) in [5.74, 6) is 1.23. The van der Waals surface area contributed by atoms with Crippen molar-refractivity contribution in [2.75, 3.05) is 20.8 Å². The van der Waals surface area contributed by atoms with Gasteiger partial charge in [-0.25, -0.2) is 4.98 Å². The number of nitrogens with one attached hydrogen (secondary N) is 1. The Balaban J connectivity index is 1.56. The molecule has 0 aliphatic rings. The molecule has 5 nitrogen and oxygen atoms in total. The molecule has 7 heteroatoms. The van der Waals surface area contributed by atoms with Crippen LogP contribution in [0.15, 0.2) is 41.1 Å². The molecule has 0 fully saturated rings. The van der Waals surface area contributed by atoms with E-state index in [1.54, 1.807) is 30.9 Å². The summed E-state index contributed by atoms with van der Waals surface area (Å²) in [6.07, 6.45) is 0.702. The van der Waals surface area contributed by atoms with Gasteiger partial charge in [0.25, 0.3) is 5.91 Å². The van der Waals surface area contributed by atoms with Gasteiger partial charge in [0.05, 0.1) is 19.1 Å². The van der Waals surface area contributed by atoms with E-state index in [0.717, 1.165) is 15.4 Å². The van der Waals surface area contributed by atoms with Crippen molar-refractivity contribution in [1.82, 2.24) is 10.3 Å². The molecule has 1 amide bonds. The Hall–Kier alpha value is -2.38. The first kappa shape index (κ1) is 17.4. The molecule has 3 rings (SSSR count). The summed E-state index contributed by atoms with van der Waals surface area (Å²) < 4.78 is 10.5. The number of aromatic nitrogens is 1. The number of thiazole rings is 1. The highest BCUT2D eigenvalue weighted by Crippen LogP contribution is 2.28. The number of nitrogens with zero attached hydrogens (tertiary/aromatic N) is 1. The topological polar surface area (TPSA) is 60.5 Å². The first-order valence-corrected chi connectivity index (χ1v) is 9.45. The number of amides is 1. The van der Waals surface area contributed by atoms with Crippen LogP contribution >= 0.6 is 22.7 Å². The summed E-state index contributed by atoms with van der Waals surface area (Å²) in [5, 5.41) is 7.58. The number of benzene rings is 1. The van der Waals surface area contributed by atoms with E-state index in [4.69, 9.17) is 9.47 Å². The van der Waals surface area contributed by atoms with Crippen molar-refractivity contribution < 1.29 is 14.3 Å². The van der Waals surface area contributed by atoms with Crippen LogP contribution in [-0.4, -0.2) is 31.7 Å². The minimum atomic E-state index is -0.153. The number of rotatable bonds is 7. The maximum Gasteiger partial charge on any atom is 0.270 e. The lowest BCUT2D eigenvalue weighted by molar-refractivity contribution is 0.0950. The number of hydrogen-bond donors (Lipinski definition) is 1. The molecule has 3 aromatic rings. The monoisotopic (exact) mass is 374 g/mol. The van der Waals surface area contributed by atoms with E-state index in [-0.39, 0.29) is 5.91 Å². The molecule has 0 unspecified atom stereocenters. The van der Waals surface area contributed by atoms with Crippen molar-refractivity contribution >= 4 is 28.6 Å². The third-order valence-electron chi connectivity index (χ3n) is 3.62. The van der Waals surface area contributed by atoms with Crippen LogP contribution in [-0.2, 0) is 6.42 Å². The third-order valence-corrected chi connectivity index (χ3v) is 5.50. The number of thiophene rings is 1. The van der Waals surface area contributed by atoms with E-state index >= 15 is 0 Å². The number of carbonyl (C=O) groups excluding carboxylic acids is 1. The van der Waals surface area contributed by atoms with Gasteiger partial charge in [0.15, 0.2) is 11.5 Å². The van der Waals surface area contributed by atoms with Crippen LogP contribution in [0.5, 0.6) is 11.5 Å². The van der Waals surface area contributed by atoms with E-state index in [0.29, 0.717) is 30.2 Å². The second-order valence-electron chi connectivity index (χ2n) is 5.21. The van der Waals surface area contributed by atoms with Gasteiger partial charge in [0.2, 0.25) is 0 Å². The smallest absolute Gasteiger partial charge is 0.270 e.